The molecule has 3 amide bonds. The van der Waals surface area contributed by atoms with Gasteiger partial charge in [0.2, 0.25) is 11.8 Å². The van der Waals surface area contributed by atoms with Gasteiger partial charge in [0.1, 0.15) is 17.7 Å². The molecular weight excluding hydrogens is 490 g/mol. The van der Waals surface area contributed by atoms with E-state index in [9.17, 15) is 14.4 Å². The van der Waals surface area contributed by atoms with E-state index in [2.05, 4.69) is 24.1 Å². The predicted octanol–water partition coefficient (Wildman–Crippen LogP) is 6.05. The van der Waals surface area contributed by atoms with Crippen LogP contribution in [0.3, 0.4) is 0 Å². The Hall–Kier alpha value is -3.61. The van der Waals surface area contributed by atoms with Crippen molar-refractivity contribution in [3.63, 3.8) is 0 Å². The maximum absolute atomic E-state index is 14.2. The lowest BCUT2D eigenvalue weighted by Crippen LogP contribution is -2.54. The van der Waals surface area contributed by atoms with E-state index >= 15 is 0 Å². The third-order valence-corrected chi connectivity index (χ3v) is 6.12. The van der Waals surface area contributed by atoms with Crippen LogP contribution in [0.25, 0.3) is 6.08 Å². The molecule has 0 aliphatic heterocycles. The van der Waals surface area contributed by atoms with E-state index in [1.165, 1.54) is 0 Å². The van der Waals surface area contributed by atoms with Crippen LogP contribution in [-0.2, 0) is 20.7 Å². The molecule has 2 unspecified atom stereocenters. The van der Waals surface area contributed by atoms with Crippen LogP contribution < -0.4 is 10.6 Å². The van der Waals surface area contributed by atoms with Crippen LogP contribution in [0.2, 0.25) is 0 Å². The van der Waals surface area contributed by atoms with Crippen molar-refractivity contribution >= 4 is 24.0 Å². The third kappa shape index (κ3) is 10.6. The molecule has 0 saturated carbocycles. The topological polar surface area (TPSA) is 87.7 Å². The number of hydrogen-bond acceptors (Lipinski definition) is 4. The van der Waals surface area contributed by atoms with Crippen LogP contribution >= 0.6 is 0 Å². The standard InChI is InChI=1S/C32H45N3O4/c1-7-10-14-20-33-29(36)28(26-19-15-18-24(9-3)22-26)35(21-8-2)30(37)27(23-25-16-12-11-13-17-25)34-31(38)39-32(4,5)6/h9,11-13,15-19,22,27-28H,3,7-8,10,14,20-21,23H2,1-2,4-6H3,(H,33,36)(H,34,38). The predicted molar refractivity (Wildman–Crippen MR) is 157 cm³/mol. The minimum Gasteiger partial charge on any atom is -0.444 e. The normalized spacial score (nSPS) is 12.6. The fourth-order valence-electron chi connectivity index (χ4n) is 4.32. The minimum atomic E-state index is -0.924. The molecule has 0 heterocycles. The van der Waals surface area contributed by atoms with Crippen LogP contribution in [-0.4, -0.2) is 47.5 Å². The van der Waals surface area contributed by atoms with E-state index in [1.54, 1.807) is 31.7 Å². The van der Waals surface area contributed by atoms with Gasteiger partial charge in [0.15, 0.2) is 0 Å². The highest BCUT2D eigenvalue weighted by Gasteiger charge is 2.36. The van der Waals surface area contributed by atoms with Gasteiger partial charge < -0.3 is 20.3 Å². The molecule has 0 spiro atoms. The molecule has 0 aliphatic rings. The van der Waals surface area contributed by atoms with E-state index in [0.29, 0.717) is 25.1 Å². The molecule has 2 aromatic carbocycles. The summed E-state index contributed by atoms with van der Waals surface area (Å²) >= 11 is 0. The van der Waals surface area contributed by atoms with Crippen LogP contribution in [0, 0.1) is 0 Å². The summed E-state index contributed by atoms with van der Waals surface area (Å²) in [7, 11) is 0. The Balaban J connectivity index is 2.49. The van der Waals surface area contributed by atoms with Crippen molar-refractivity contribution in [2.45, 2.75) is 84.4 Å². The second-order valence-electron chi connectivity index (χ2n) is 10.7. The summed E-state index contributed by atoms with van der Waals surface area (Å²) < 4.78 is 5.48. The Bertz CT molecular complexity index is 1080. The lowest BCUT2D eigenvalue weighted by atomic mass is 9.98. The van der Waals surface area contributed by atoms with Gasteiger partial charge in [-0.15, -0.1) is 0 Å². The summed E-state index contributed by atoms with van der Waals surface area (Å²) in [5.41, 5.74) is 1.71. The zero-order chi connectivity index (χ0) is 28.8. The number of unbranched alkanes of at least 4 members (excludes halogenated alkanes) is 2. The molecule has 0 aromatic heterocycles. The molecule has 2 aromatic rings. The number of hydrogen-bond donors (Lipinski definition) is 2. The summed E-state index contributed by atoms with van der Waals surface area (Å²) in [5, 5.41) is 5.83. The van der Waals surface area contributed by atoms with E-state index in [0.717, 1.165) is 30.4 Å². The number of ether oxygens (including phenoxy) is 1. The maximum Gasteiger partial charge on any atom is 0.408 e. The molecule has 39 heavy (non-hydrogen) atoms. The number of benzene rings is 2. The lowest BCUT2D eigenvalue weighted by molar-refractivity contribution is -0.142. The molecule has 7 nitrogen and oxygen atoms in total. The summed E-state index contributed by atoms with van der Waals surface area (Å²) in [6.45, 7) is 14.1. The zero-order valence-electron chi connectivity index (χ0n) is 24.2. The second-order valence-corrected chi connectivity index (χ2v) is 10.7. The monoisotopic (exact) mass is 535 g/mol. The van der Waals surface area contributed by atoms with Crippen molar-refractivity contribution in [1.29, 1.82) is 0 Å². The Kier molecular flexibility index (Phi) is 12.7. The SMILES string of the molecule is C=Cc1cccc(C(C(=O)NCCCCC)N(CCC)C(=O)C(Cc2ccccc2)NC(=O)OC(C)(C)C)c1. The summed E-state index contributed by atoms with van der Waals surface area (Å²) in [6.07, 6.45) is 4.84. The average molecular weight is 536 g/mol. The summed E-state index contributed by atoms with van der Waals surface area (Å²) in [4.78, 5) is 42.3. The number of rotatable bonds is 14. The number of nitrogens with zero attached hydrogens (tertiary/aromatic N) is 1. The fraction of sp³-hybridized carbons (Fsp3) is 0.469. The summed E-state index contributed by atoms with van der Waals surface area (Å²) in [6, 6.07) is 15.2. The quantitative estimate of drug-likeness (QED) is 0.288. The molecule has 2 rings (SSSR count). The number of alkyl carbamates (subject to hydrolysis) is 1. The molecule has 7 heteroatoms. The first-order valence-electron chi connectivity index (χ1n) is 13.9. The van der Waals surface area contributed by atoms with Gasteiger partial charge in [-0.3, -0.25) is 9.59 Å². The van der Waals surface area contributed by atoms with E-state index in [-0.39, 0.29) is 18.2 Å². The number of carbonyl (C=O) groups is 3. The maximum atomic E-state index is 14.2. The van der Waals surface area contributed by atoms with Crippen molar-refractivity contribution < 1.29 is 19.1 Å². The number of amides is 3. The summed E-state index contributed by atoms with van der Waals surface area (Å²) in [5.74, 6) is -0.589. The van der Waals surface area contributed by atoms with Gasteiger partial charge in [0.25, 0.3) is 0 Å². The van der Waals surface area contributed by atoms with Gasteiger partial charge in [-0.25, -0.2) is 4.79 Å². The molecule has 0 bridgehead atoms. The largest absolute Gasteiger partial charge is 0.444 e. The molecule has 0 radical (unpaired) electrons. The fourth-order valence-corrected chi connectivity index (χ4v) is 4.32. The van der Waals surface area contributed by atoms with Crippen molar-refractivity contribution in [2.24, 2.45) is 0 Å². The molecule has 2 atom stereocenters. The van der Waals surface area contributed by atoms with Crippen molar-refractivity contribution in [3.8, 4) is 0 Å². The Labute approximate surface area is 234 Å². The van der Waals surface area contributed by atoms with Crippen LogP contribution in [0.5, 0.6) is 0 Å². The molecule has 0 saturated heterocycles. The minimum absolute atomic E-state index is 0.246. The van der Waals surface area contributed by atoms with Gasteiger partial charge in [-0.1, -0.05) is 87.9 Å². The first-order valence-corrected chi connectivity index (χ1v) is 13.9. The van der Waals surface area contributed by atoms with Crippen molar-refractivity contribution in [3.05, 3.63) is 77.9 Å². The number of carbonyl (C=O) groups excluding carboxylic acids is 3. The van der Waals surface area contributed by atoms with Gasteiger partial charge in [0.05, 0.1) is 0 Å². The van der Waals surface area contributed by atoms with Crippen LogP contribution in [0.15, 0.2) is 61.2 Å². The average Bonchev–Trinajstić information content (AvgIpc) is 2.89. The first-order chi connectivity index (χ1) is 18.6. The second kappa shape index (κ2) is 15.7. The first kappa shape index (κ1) is 31.6. The van der Waals surface area contributed by atoms with Gasteiger partial charge >= 0.3 is 6.09 Å². The van der Waals surface area contributed by atoms with Crippen LogP contribution in [0.1, 0.15) is 83.0 Å². The van der Waals surface area contributed by atoms with Crippen LogP contribution in [0.4, 0.5) is 4.79 Å². The van der Waals surface area contributed by atoms with Gasteiger partial charge in [0, 0.05) is 19.5 Å². The highest BCUT2D eigenvalue weighted by molar-refractivity contribution is 5.92. The van der Waals surface area contributed by atoms with E-state index in [1.807, 2.05) is 61.5 Å². The molecule has 212 valence electrons. The van der Waals surface area contributed by atoms with E-state index < -0.39 is 23.8 Å². The molecule has 2 N–H and O–H groups in total. The van der Waals surface area contributed by atoms with E-state index in [4.69, 9.17) is 4.74 Å². The Morgan fingerprint density at radius 2 is 1.72 bits per heavy atom. The van der Waals surface area contributed by atoms with Gasteiger partial charge in [-0.05, 0) is 56.4 Å². The molecule has 0 aliphatic carbocycles. The van der Waals surface area contributed by atoms with Crippen molar-refractivity contribution in [2.75, 3.05) is 13.1 Å². The highest BCUT2D eigenvalue weighted by Crippen LogP contribution is 2.25. The third-order valence-electron chi connectivity index (χ3n) is 6.12. The molecule has 0 fully saturated rings. The smallest absolute Gasteiger partial charge is 0.408 e. The Morgan fingerprint density at radius 3 is 2.33 bits per heavy atom. The van der Waals surface area contributed by atoms with Gasteiger partial charge in [-0.2, -0.15) is 0 Å². The number of nitrogens with one attached hydrogen (secondary N) is 2. The zero-order valence-corrected chi connectivity index (χ0v) is 24.2. The van der Waals surface area contributed by atoms with Crippen molar-refractivity contribution in [1.82, 2.24) is 15.5 Å². The molecular formula is C32H45N3O4. The highest BCUT2D eigenvalue weighted by atomic mass is 16.6. The lowest BCUT2D eigenvalue weighted by Gasteiger charge is -2.34. The Morgan fingerprint density at radius 1 is 1.00 bits per heavy atom.